The molecule has 0 rings (SSSR count). The van der Waals surface area contributed by atoms with E-state index in [1.54, 1.807) is 0 Å². The molecule has 0 aromatic heterocycles. The monoisotopic (exact) mass is 858 g/mol. The Labute approximate surface area is 377 Å². The zero-order chi connectivity index (χ0) is 48.9. The van der Waals surface area contributed by atoms with Crippen LogP contribution in [0.15, 0.2) is 0 Å². The molecule has 0 aliphatic carbocycles. The highest BCUT2D eigenvalue weighted by Crippen LogP contribution is 2.27. The van der Waals surface area contributed by atoms with Crippen molar-refractivity contribution in [2.24, 2.45) is 61.9 Å². The number of carbonyl (C=O) groups is 3. The van der Waals surface area contributed by atoms with Crippen molar-refractivity contribution in [2.75, 3.05) is 19.8 Å². The Morgan fingerprint density at radius 1 is 0.450 bits per heavy atom. The SMILES string of the molecule is CC(C(=O)OCCCC(C)(C)C)C(C)(C)C.CC(C)C(=O)OCCCC(C)(C)C.CC(C)C(N)C(=O)OCCCC(C)(C)C.CC(C)CC(C)(C)C.CCCCC(C)(C)C. The second-order valence-corrected chi connectivity index (χ2v) is 25.3. The molecule has 0 heterocycles. The summed E-state index contributed by atoms with van der Waals surface area (Å²) in [6.45, 7) is 57.5. The molecule has 0 bridgehead atoms. The van der Waals surface area contributed by atoms with Crippen molar-refractivity contribution in [1.29, 1.82) is 0 Å². The molecule has 364 valence electrons. The molecule has 0 aromatic carbocycles. The van der Waals surface area contributed by atoms with Gasteiger partial charge < -0.3 is 19.9 Å². The molecule has 0 fully saturated rings. The van der Waals surface area contributed by atoms with Crippen molar-refractivity contribution in [3.63, 3.8) is 0 Å². The van der Waals surface area contributed by atoms with Gasteiger partial charge in [0.15, 0.2) is 0 Å². The maximum absolute atomic E-state index is 11.7. The van der Waals surface area contributed by atoms with Crippen LogP contribution in [0.25, 0.3) is 0 Å². The molecule has 0 aromatic rings. The average molecular weight is 858 g/mol. The van der Waals surface area contributed by atoms with E-state index in [1.165, 1.54) is 25.7 Å². The molecular weight excluding hydrogens is 747 g/mol. The van der Waals surface area contributed by atoms with Crippen LogP contribution in [0, 0.1) is 56.2 Å². The normalized spacial score (nSPS) is 13.3. The maximum atomic E-state index is 11.7. The van der Waals surface area contributed by atoms with Gasteiger partial charge in [0.05, 0.1) is 31.7 Å². The van der Waals surface area contributed by atoms with Crippen LogP contribution in [0.5, 0.6) is 0 Å². The van der Waals surface area contributed by atoms with E-state index >= 15 is 0 Å². The van der Waals surface area contributed by atoms with E-state index in [2.05, 4.69) is 145 Å². The van der Waals surface area contributed by atoms with Gasteiger partial charge in [0, 0.05) is 0 Å². The Morgan fingerprint density at radius 3 is 0.950 bits per heavy atom. The maximum Gasteiger partial charge on any atom is 0.323 e. The van der Waals surface area contributed by atoms with E-state index in [0.717, 1.165) is 44.4 Å². The van der Waals surface area contributed by atoms with Crippen LogP contribution < -0.4 is 5.73 Å². The van der Waals surface area contributed by atoms with Crippen LogP contribution in [0.1, 0.15) is 244 Å². The largest absolute Gasteiger partial charge is 0.465 e. The smallest absolute Gasteiger partial charge is 0.323 e. The van der Waals surface area contributed by atoms with Gasteiger partial charge in [0.25, 0.3) is 0 Å². The summed E-state index contributed by atoms with van der Waals surface area (Å²) in [4.78, 5) is 34.1. The standard InChI is InChI=1S/C14H28O2.C12H25NO2.C11H22O2.2C8H18/c1-11(14(5,6)7)12(15)16-10-8-9-13(2,3)4;1-9(2)10(13)11(14)15-8-6-7-12(3,4)5;1-9(2)10(12)13-8-6-7-11(3,4)5;1-7(2)6-8(3,4)5;1-5-6-7-8(2,3)4/h11H,8-10H2,1-7H3;9-10H,6-8,13H2,1-5H3;9H,6-8H2,1-5H3;7H,6H2,1-5H3;5-7H2,1-4H3. The fraction of sp³-hybridized carbons (Fsp3) is 0.943. The number of hydrogen-bond acceptors (Lipinski definition) is 7. The molecule has 0 radical (unpaired) electrons. The van der Waals surface area contributed by atoms with Crippen molar-refractivity contribution in [3.05, 3.63) is 0 Å². The van der Waals surface area contributed by atoms with Gasteiger partial charge in [-0.05, 0) is 95.7 Å². The van der Waals surface area contributed by atoms with Crippen LogP contribution in [-0.2, 0) is 28.6 Å². The van der Waals surface area contributed by atoms with Crippen LogP contribution in [-0.4, -0.2) is 43.8 Å². The summed E-state index contributed by atoms with van der Waals surface area (Å²) in [6, 6.07) is -0.486. The number of ether oxygens (including phenoxy) is 3. The number of carbonyl (C=O) groups excluding carboxylic acids is 3. The highest BCUT2D eigenvalue weighted by Gasteiger charge is 2.28. The number of nitrogens with two attached hydrogens (primary N) is 1. The summed E-state index contributed by atoms with van der Waals surface area (Å²) >= 11 is 0. The van der Waals surface area contributed by atoms with Crippen molar-refractivity contribution in [3.8, 4) is 0 Å². The third kappa shape index (κ3) is 58.5. The third-order valence-electron chi connectivity index (χ3n) is 9.36. The molecule has 0 spiro atoms. The third-order valence-corrected chi connectivity index (χ3v) is 9.36. The second kappa shape index (κ2) is 33.0. The zero-order valence-corrected chi connectivity index (χ0v) is 45.6. The fourth-order valence-electron chi connectivity index (χ4n) is 5.27. The average Bonchev–Trinajstić information content (AvgIpc) is 3.03. The van der Waals surface area contributed by atoms with E-state index in [0.29, 0.717) is 46.9 Å². The molecule has 0 amide bonds. The lowest BCUT2D eigenvalue weighted by molar-refractivity contribution is -0.152. The number of rotatable bonds is 16. The van der Waals surface area contributed by atoms with E-state index < -0.39 is 6.04 Å². The summed E-state index contributed by atoms with van der Waals surface area (Å²) in [5.41, 5.74) is 7.67. The Hall–Kier alpha value is -1.63. The van der Waals surface area contributed by atoms with Crippen molar-refractivity contribution >= 4 is 17.9 Å². The lowest BCUT2D eigenvalue weighted by Crippen LogP contribution is -2.37. The van der Waals surface area contributed by atoms with Gasteiger partial charge in [-0.2, -0.15) is 0 Å². The number of esters is 3. The first-order valence-corrected chi connectivity index (χ1v) is 23.8. The second-order valence-electron chi connectivity index (χ2n) is 25.3. The van der Waals surface area contributed by atoms with E-state index in [9.17, 15) is 14.4 Å². The van der Waals surface area contributed by atoms with Gasteiger partial charge in [-0.1, -0.05) is 193 Å². The summed E-state index contributed by atoms with van der Waals surface area (Å²) < 4.78 is 15.4. The first-order valence-electron chi connectivity index (χ1n) is 23.8. The van der Waals surface area contributed by atoms with Gasteiger partial charge in [-0.3, -0.25) is 14.4 Å². The number of unbranched alkanes of at least 4 members (excludes halogenated alkanes) is 1. The Balaban J connectivity index is -0.000000216. The molecule has 7 heteroatoms. The van der Waals surface area contributed by atoms with Crippen LogP contribution in [0.3, 0.4) is 0 Å². The zero-order valence-electron chi connectivity index (χ0n) is 45.6. The minimum atomic E-state index is -0.486. The highest BCUT2D eigenvalue weighted by molar-refractivity contribution is 5.75. The Bertz CT molecular complexity index is 1050. The minimum absolute atomic E-state index is 0.00497. The van der Waals surface area contributed by atoms with Gasteiger partial charge in [-0.25, -0.2) is 0 Å². The van der Waals surface area contributed by atoms with Gasteiger partial charge in [-0.15, -0.1) is 0 Å². The lowest BCUT2D eigenvalue weighted by atomic mass is 9.82. The Kier molecular flexibility index (Phi) is 37.1. The molecular formula is C53H111NO6. The van der Waals surface area contributed by atoms with E-state index in [1.807, 2.05) is 34.6 Å². The van der Waals surface area contributed by atoms with Crippen LogP contribution in [0.4, 0.5) is 0 Å². The predicted octanol–water partition coefficient (Wildman–Crippen LogP) is 15.7. The number of hydrogen-bond donors (Lipinski definition) is 1. The van der Waals surface area contributed by atoms with Crippen molar-refractivity contribution < 1.29 is 28.6 Å². The highest BCUT2D eigenvalue weighted by atomic mass is 16.5. The van der Waals surface area contributed by atoms with Crippen molar-refractivity contribution in [1.82, 2.24) is 0 Å². The molecule has 0 saturated carbocycles. The van der Waals surface area contributed by atoms with Gasteiger partial charge >= 0.3 is 17.9 Å². The van der Waals surface area contributed by atoms with Gasteiger partial charge in [0.2, 0.25) is 0 Å². The molecule has 0 saturated heterocycles. The molecule has 0 aliphatic heterocycles. The Morgan fingerprint density at radius 2 is 0.750 bits per heavy atom. The molecule has 7 nitrogen and oxygen atoms in total. The quantitative estimate of drug-likeness (QED) is 0.0936. The first kappa shape index (κ1) is 67.4. The summed E-state index contributed by atoms with van der Waals surface area (Å²) in [5.74, 6) is 0.501. The topological polar surface area (TPSA) is 105 Å². The lowest BCUT2D eigenvalue weighted by Gasteiger charge is -2.25. The summed E-state index contributed by atoms with van der Waals surface area (Å²) in [7, 11) is 0. The van der Waals surface area contributed by atoms with Gasteiger partial charge in [0.1, 0.15) is 6.04 Å². The molecule has 0 aliphatic rings. The molecule has 2 atom stereocenters. The van der Waals surface area contributed by atoms with E-state index in [4.69, 9.17) is 19.9 Å². The van der Waals surface area contributed by atoms with Crippen LogP contribution >= 0.6 is 0 Å². The first-order chi connectivity index (χ1) is 26.6. The van der Waals surface area contributed by atoms with Crippen LogP contribution in [0.2, 0.25) is 0 Å². The summed E-state index contributed by atoms with van der Waals surface area (Å²) in [5, 5.41) is 0. The fourth-order valence-corrected chi connectivity index (χ4v) is 5.27. The molecule has 2 unspecified atom stereocenters. The molecule has 2 N–H and O–H groups in total. The predicted molar refractivity (Wildman–Crippen MR) is 263 cm³/mol. The molecule has 60 heavy (non-hydrogen) atoms. The minimum Gasteiger partial charge on any atom is -0.465 e. The van der Waals surface area contributed by atoms with Crippen molar-refractivity contribution in [2.45, 2.75) is 250 Å². The van der Waals surface area contributed by atoms with E-state index in [-0.39, 0.29) is 41.1 Å². The summed E-state index contributed by atoms with van der Waals surface area (Å²) in [6.07, 6.45) is 11.4.